The number of hydrogen-bond acceptors (Lipinski definition) is 4. The number of phenolic OH excluding ortho intramolecular Hbond substituents is 1. The van der Waals surface area contributed by atoms with Gasteiger partial charge < -0.3 is 20.1 Å². The van der Waals surface area contributed by atoms with Gasteiger partial charge in [0.1, 0.15) is 5.56 Å². The van der Waals surface area contributed by atoms with Crippen molar-refractivity contribution in [1.82, 2.24) is 4.98 Å². The van der Waals surface area contributed by atoms with E-state index in [9.17, 15) is 14.7 Å². The third kappa shape index (κ3) is 3.39. The Balaban J connectivity index is 1.90. The number of hydrogen-bond donors (Lipinski definition) is 3. The fourth-order valence-electron chi connectivity index (χ4n) is 2.76. The molecule has 0 saturated carbocycles. The first-order valence-electron chi connectivity index (χ1n) is 8.29. The zero-order chi connectivity index (χ0) is 18.8. The fraction of sp³-hybridized carbons (Fsp3) is 0.200. The number of phenols is 1. The number of aromatic amines is 1. The van der Waals surface area contributed by atoms with Gasteiger partial charge in [0.15, 0.2) is 11.5 Å². The molecule has 0 bridgehead atoms. The van der Waals surface area contributed by atoms with Gasteiger partial charge >= 0.3 is 0 Å². The molecule has 6 nitrogen and oxygen atoms in total. The molecule has 3 aromatic rings. The molecule has 0 atom stereocenters. The Morgan fingerprint density at radius 3 is 2.69 bits per heavy atom. The molecule has 1 amide bonds. The zero-order valence-corrected chi connectivity index (χ0v) is 14.8. The molecule has 6 heteroatoms. The van der Waals surface area contributed by atoms with Crippen LogP contribution in [0.25, 0.3) is 10.9 Å². The summed E-state index contributed by atoms with van der Waals surface area (Å²) in [6, 6.07) is 10.0. The van der Waals surface area contributed by atoms with Crippen LogP contribution in [0.3, 0.4) is 0 Å². The number of pyridine rings is 1. The van der Waals surface area contributed by atoms with E-state index in [2.05, 4.69) is 10.3 Å². The van der Waals surface area contributed by atoms with E-state index >= 15 is 0 Å². The SMILES string of the molecule is Cc1cccc2[nH]cc(C(=O)Nc3ccc(OC(C)C)c(O)c3)c(=O)c12. The summed E-state index contributed by atoms with van der Waals surface area (Å²) in [4.78, 5) is 28.2. The van der Waals surface area contributed by atoms with E-state index in [4.69, 9.17) is 4.74 Å². The molecular formula is C20H20N2O4. The van der Waals surface area contributed by atoms with Crippen molar-refractivity contribution in [1.29, 1.82) is 0 Å². The van der Waals surface area contributed by atoms with Crippen molar-refractivity contribution in [3.63, 3.8) is 0 Å². The molecule has 3 N–H and O–H groups in total. The highest BCUT2D eigenvalue weighted by Gasteiger charge is 2.15. The highest BCUT2D eigenvalue weighted by atomic mass is 16.5. The number of amides is 1. The predicted octanol–water partition coefficient (Wildman–Crippen LogP) is 3.58. The summed E-state index contributed by atoms with van der Waals surface area (Å²) in [7, 11) is 0. The summed E-state index contributed by atoms with van der Waals surface area (Å²) in [5, 5.41) is 13.1. The monoisotopic (exact) mass is 352 g/mol. The number of carbonyl (C=O) groups excluding carboxylic acids is 1. The Morgan fingerprint density at radius 2 is 2.00 bits per heavy atom. The Hall–Kier alpha value is -3.28. The topological polar surface area (TPSA) is 91.4 Å². The third-order valence-corrected chi connectivity index (χ3v) is 3.94. The van der Waals surface area contributed by atoms with Crippen LogP contribution in [-0.4, -0.2) is 22.1 Å². The molecule has 0 aliphatic rings. The van der Waals surface area contributed by atoms with Crippen molar-refractivity contribution in [3.8, 4) is 11.5 Å². The second-order valence-electron chi connectivity index (χ2n) is 6.33. The van der Waals surface area contributed by atoms with Gasteiger partial charge in [-0.15, -0.1) is 0 Å². The predicted molar refractivity (Wildman–Crippen MR) is 101 cm³/mol. The lowest BCUT2D eigenvalue weighted by atomic mass is 10.1. The van der Waals surface area contributed by atoms with Gasteiger partial charge in [-0.2, -0.15) is 0 Å². The Bertz CT molecular complexity index is 1040. The molecule has 1 aromatic heterocycles. The van der Waals surface area contributed by atoms with Crippen molar-refractivity contribution < 1.29 is 14.6 Å². The molecule has 0 aliphatic heterocycles. The highest BCUT2D eigenvalue weighted by Crippen LogP contribution is 2.30. The summed E-state index contributed by atoms with van der Waals surface area (Å²) in [5.41, 5.74) is 1.52. The molecule has 2 aromatic carbocycles. The van der Waals surface area contributed by atoms with E-state index in [0.29, 0.717) is 22.3 Å². The summed E-state index contributed by atoms with van der Waals surface area (Å²) in [6.07, 6.45) is 1.32. The van der Waals surface area contributed by atoms with Crippen LogP contribution in [0.15, 0.2) is 47.4 Å². The second-order valence-corrected chi connectivity index (χ2v) is 6.33. The zero-order valence-electron chi connectivity index (χ0n) is 14.8. The van der Waals surface area contributed by atoms with Gasteiger partial charge in [-0.05, 0) is 44.5 Å². The van der Waals surface area contributed by atoms with Crippen LogP contribution < -0.4 is 15.5 Å². The number of anilines is 1. The van der Waals surface area contributed by atoms with Crippen LogP contribution in [-0.2, 0) is 0 Å². The van der Waals surface area contributed by atoms with Crippen molar-refractivity contribution in [2.45, 2.75) is 26.9 Å². The number of benzene rings is 2. The minimum Gasteiger partial charge on any atom is -0.504 e. The maximum absolute atomic E-state index is 12.7. The highest BCUT2D eigenvalue weighted by molar-refractivity contribution is 6.06. The van der Waals surface area contributed by atoms with E-state index in [1.165, 1.54) is 12.3 Å². The number of rotatable bonds is 4. The lowest BCUT2D eigenvalue weighted by Gasteiger charge is -2.12. The first kappa shape index (κ1) is 17.5. The molecule has 0 unspecified atom stereocenters. The van der Waals surface area contributed by atoms with Crippen molar-refractivity contribution in [2.24, 2.45) is 0 Å². The third-order valence-electron chi connectivity index (χ3n) is 3.94. The van der Waals surface area contributed by atoms with Gasteiger partial charge in [-0.3, -0.25) is 9.59 Å². The molecule has 0 aliphatic carbocycles. The molecule has 26 heavy (non-hydrogen) atoms. The number of fused-ring (bicyclic) bond motifs is 1. The minimum absolute atomic E-state index is 0.00815. The van der Waals surface area contributed by atoms with E-state index in [1.54, 1.807) is 18.2 Å². The first-order valence-corrected chi connectivity index (χ1v) is 8.29. The molecule has 0 fully saturated rings. The molecule has 134 valence electrons. The molecular weight excluding hydrogens is 332 g/mol. The average molecular weight is 352 g/mol. The van der Waals surface area contributed by atoms with Crippen LogP contribution in [0.2, 0.25) is 0 Å². The van der Waals surface area contributed by atoms with Crippen LogP contribution in [0.1, 0.15) is 29.8 Å². The first-order chi connectivity index (χ1) is 12.4. The number of aromatic hydroxyl groups is 1. The van der Waals surface area contributed by atoms with E-state index in [-0.39, 0.29) is 22.8 Å². The number of carbonyl (C=O) groups is 1. The average Bonchev–Trinajstić information content (AvgIpc) is 2.57. The number of aryl methyl sites for hydroxylation is 1. The van der Waals surface area contributed by atoms with Crippen LogP contribution >= 0.6 is 0 Å². The van der Waals surface area contributed by atoms with E-state index < -0.39 is 5.91 Å². The van der Waals surface area contributed by atoms with Gasteiger partial charge in [0.05, 0.1) is 6.10 Å². The largest absolute Gasteiger partial charge is 0.504 e. The Labute approximate surface area is 150 Å². The van der Waals surface area contributed by atoms with Gasteiger partial charge in [-0.1, -0.05) is 12.1 Å². The normalized spacial score (nSPS) is 10.9. The molecule has 3 rings (SSSR count). The smallest absolute Gasteiger partial charge is 0.261 e. The molecule has 0 saturated heterocycles. The van der Waals surface area contributed by atoms with Crippen molar-refractivity contribution in [3.05, 3.63) is 63.9 Å². The summed E-state index contributed by atoms with van der Waals surface area (Å²) in [5.74, 6) is -0.301. The maximum atomic E-state index is 12.7. The number of H-pyrrole nitrogens is 1. The lowest BCUT2D eigenvalue weighted by Crippen LogP contribution is -2.22. The van der Waals surface area contributed by atoms with Crippen LogP contribution in [0, 0.1) is 6.92 Å². The Kier molecular flexibility index (Phi) is 4.67. The standard InChI is InChI=1S/C20H20N2O4/c1-11(2)26-17-8-7-13(9-16(17)23)22-20(25)14-10-21-15-6-4-5-12(3)18(15)19(14)24/h4-11,23H,1-3H3,(H,21,24)(H,22,25). The van der Waals surface area contributed by atoms with Crippen LogP contribution in [0.5, 0.6) is 11.5 Å². The summed E-state index contributed by atoms with van der Waals surface area (Å²) < 4.78 is 5.45. The number of ether oxygens (including phenoxy) is 1. The van der Waals surface area contributed by atoms with Crippen LogP contribution in [0.4, 0.5) is 5.69 Å². The van der Waals surface area contributed by atoms with Crippen molar-refractivity contribution in [2.75, 3.05) is 5.32 Å². The molecule has 1 heterocycles. The van der Waals surface area contributed by atoms with E-state index in [1.807, 2.05) is 32.9 Å². The lowest BCUT2D eigenvalue weighted by molar-refractivity contribution is 0.102. The van der Waals surface area contributed by atoms with Gasteiger partial charge in [0, 0.05) is 28.9 Å². The van der Waals surface area contributed by atoms with E-state index in [0.717, 1.165) is 5.56 Å². The van der Waals surface area contributed by atoms with Gasteiger partial charge in [0.25, 0.3) is 5.91 Å². The van der Waals surface area contributed by atoms with Gasteiger partial charge in [0.2, 0.25) is 5.43 Å². The number of nitrogens with one attached hydrogen (secondary N) is 2. The number of aromatic nitrogens is 1. The summed E-state index contributed by atoms with van der Waals surface area (Å²) in [6.45, 7) is 5.52. The quantitative estimate of drug-likeness (QED) is 0.669. The molecule has 0 spiro atoms. The van der Waals surface area contributed by atoms with Crippen molar-refractivity contribution >= 4 is 22.5 Å². The minimum atomic E-state index is -0.548. The maximum Gasteiger partial charge on any atom is 0.261 e. The summed E-state index contributed by atoms with van der Waals surface area (Å²) >= 11 is 0. The van der Waals surface area contributed by atoms with Gasteiger partial charge in [-0.25, -0.2) is 0 Å². The molecule has 0 radical (unpaired) electrons. The Morgan fingerprint density at radius 1 is 1.23 bits per heavy atom. The fourth-order valence-corrected chi connectivity index (χ4v) is 2.76. The second kappa shape index (κ2) is 6.92.